The molecule has 0 aliphatic carbocycles. The Balaban J connectivity index is 1.63. The Hall–Kier alpha value is -2.49. The number of benzene rings is 2. The molecule has 0 saturated carbocycles. The predicted octanol–water partition coefficient (Wildman–Crippen LogP) is 3.32. The maximum Gasteiger partial charge on any atom is 0.257 e. The third-order valence-corrected chi connectivity index (χ3v) is 4.04. The van der Waals surface area contributed by atoms with E-state index in [4.69, 9.17) is 4.74 Å². The highest BCUT2D eigenvalue weighted by atomic mass is 16.5. The number of para-hydroxylation sites is 1. The maximum atomic E-state index is 11.8. The van der Waals surface area contributed by atoms with Crippen LogP contribution in [0.15, 0.2) is 48.5 Å². The first-order valence-corrected chi connectivity index (χ1v) is 8.29. The zero-order valence-corrected chi connectivity index (χ0v) is 14.7. The smallest absolute Gasteiger partial charge is 0.257 e. The minimum Gasteiger partial charge on any atom is -0.484 e. The van der Waals surface area contributed by atoms with E-state index in [-0.39, 0.29) is 12.5 Å². The van der Waals surface area contributed by atoms with Gasteiger partial charge in [0.1, 0.15) is 5.75 Å². The Morgan fingerprint density at radius 3 is 2.54 bits per heavy atom. The third-order valence-electron chi connectivity index (χ3n) is 4.04. The second kappa shape index (κ2) is 8.96. The number of nitrogens with zero attached hydrogens (tertiary/aromatic N) is 1. The van der Waals surface area contributed by atoms with Gasteiger partial charge in [0.15, 0.2) is 6.61 Å². The lowest BCUT2D eigenvalue weighted by atomic mass is 10.1. The molecule has 0 fully saturated rings. The summed E-state index contributed by atoms with van der Waals surface area (Å²) in [6, 6.07) is 16.1. The van der Waals surface area contributed by atoms with Crippen molar-refractivity contribution in [1.29, 1.82) is 0 Å². The number of nitrogens with one attached hydrogen (secondary N) is 1. The third kappa shape index (κ3) is 5.61. The summed E-state index contributed by atoms with van der Waals surface area (Å²) in [5.41, 5.74) is 3.56. The van der Waals surface area contributed by atoms with E-state index in [1.807, 2.05) is 43.3 Å². The van der Waals surface area contributed by atoms with Crippen molar-refractivity contribution in [1.82, 2.24) is 5.32 Å². The number of aryl methyl sites for hydroxylation is 2. The summed E-state index contributed by atoms with van der Waals surface area (Å²) in [7, 11) is 2.06. The number of ether oxygens (including phenoxy) is 1. The summed E-state index contributed by atoms with van der Waals surface area (Å²) in [5.74, 6) is 0.646. The fourth-order valence-corrected chi connectivity index (χ4v) is 2.36. The minimum atomic E-state index is -0.0874. The molecule has 0 bridgehead atoms. The van der Waals surface area contributed by atoms with Crippen LogP contribution < -0.4 is 15.0 Å². The Labute approximate surface area is 144 Å². The van der Waals surface area contributed by atoms with Gasteiger partial charge in [0.05, 0.1) is 0 Å². The van der Waals surface area contributed by atoms with Crippen molar-refractivity contribution >= 4 is 11.6 Å². The molecule has 0 radical (unpaired) electrons. The Morgan fingerprint density at radius 2 is 1.83 bits per heavy atom. The van der Waals surface area contributed by atoms with E-state index in [9.17, 15) is 4.79 Å². The molecule has 0 unspecified atom stereocenters. The van der Waals surface area contributed by atoms with Gasteiger partial charge >= 0.3 is 0 Å². The summed E-state index contributed by atoms with van der Waals surface area (Å²) in [4.78, 5) is 14.0. The highest BCUT2D eigenvalue weighted by Gasteiger charge is 2.04. The molecule has 0 aliphatic rings. The van der Waals surface area contributed by atoms with Crippen LogP contribution in [0.4, 0.5) is 5.69 Å². The van der Waals surface area contributed by atoms with Crippen molar-refractivity contribution in [2.75, 3.05) is 31.6 Å². The van der Waals surface area contributed by atoms with Crippen LogP contribution in [0.5, 0.6) is 5.75 Å². The second-order valence-corrected chi connectivity index (χ2v) is 6.00. The molecule has 4 nitrogen and oxygen atoms in total. The van der Waals surface area contributed by atoms with E-state index in [0.29, 0.717) is 6.54 Å². The summed E-state index contributed by atoms with van der Waals surface area (Å²) in [5, 5.41) is 2.90. The topological polar surface area (TPSA) is 41.6 Å². The number of carbonyl (C=O) groups excluding carboxylic acids is 1. The molecule has 0 spiro atoms. The van der Waals surface area contributed by atoms with Gasteiger partial charge in [0.25, 0.3) is 5.91 Å². The number of hydrogen-bond acceptors (Lipinski definition) is 3. The van der Waals surface area contributed by atoms with Crippen LogP contribution in [0.1, 0.15) is 17.5 Å². The van der Waals surface area contributed by atoms with Crippen molar-refractivity contribution in [3.8, 4) is 5.75 Å². The van der Waals surface area contributed by atoms with E-state index in [1.165, 1.54) is 11.3 Å². The standard InChI is InChI=1S/C20H26N2O2/c1-16-10-11-19(14-17(16)2)24-15-20(23)21-12-7-13-22(3)18-8-5-4-6-9-18/h4-6,8-11,14H,7,12-13,15H2,1-3H3,(H,21,23). The first-order chi connectivity index (χ1) is 11.6. The highest BCUT2D eigenvalue weighted by Crippen LogP contribution is 2.16. The Morgan fingerprint density at radius 1 is 1.08 bits per heavy atom. The molecule has 2 aromatic rings. The largest absolute Gasteiger partial charge is 0.484 e. The molecule has 0 heterocycles. The number of carbonyl (C=O) groups is 1. The molecule has 4 heteroatoms. The molecule has 24 heavy (non-hydrogen) atoms. The van der Waals surface area contributed by atoms with Gasteiger partial charge in [0, 0.05) is 25.8 Å². The molecule has 1 N–H and O–H groups in total. The van der Waals surface area contributed by atoms with Gasteiger partial charge in [-0.15, -0.1) is 0 Å². The van der Waals surface area contributed by atoms with Gasteiger partial charge in [-0.2, -0.15) is 0 Å². The fourth-order valence-electron chi connectivity index (χ4n) is 2.36. The average molecular weight is 326 g/mol. The van der Waals surface area contributed by atoms with Crippen LogP contribution in [-0.4, -0.2) is 32.7 Å². The van der Waals surface area contributed by atoms with E-state index >= 15 is 0 Å². The predicted molar refractivity (Wildman–Crippen MR) is 98.7 cm³/mol. The van der Waals surface area contributed by atoms with Crippen molar-refractivity contribution in [2.24, 2.45) is 0 Å². The van der Waals surface area contributed by atoms with Gasteiger partial charge in [-0.05, 0) is 55.7 Å². The molecule has 2 aromatic carbocycles. The normalized spacial score (nSPS) is 10.3. The second-order valence-electron chi connectivity index (χ2n) is 6.00. The maximum absolute atomic E-state index is 11.8. The molecular formula is C20H26N2O2. The molecule has 0 atom stereocenters. The van der Waals surface area contributed by atoms with Crippen molar-refractivity contribution < 1.29 is 9.53 Å². The van der Waals surface area contributed by atoms with Crippen LogP contribution in [-0.2, 0) is 4.79 Å². The molecule has 2 rings (SSSR count). The number of amides is 1. The monoisotopic (exact) mass is 326 g/mol. The van der Waals surface area contributed by atoms with Crippen molar-refractivity contribution in [2.45, 2.75) is 20.3 Å². The van der Waals surface area contributed by atoms with E-state index in [1.54, 1.807) is 0 Å². The number of rotatable bonds is 8. The first kappa shape index (κ1) is 17.9. The number of anilines is 1. The van der Waals surface area contributed by atoms with E-state index in [0.717, 1.165) is 24.3 Å². The van der Waals surface area contributed by atoms with Gasteiger partial charge in [0.2, 0.25) is 0 Å². The summed E-state index contributed by atoms with van der Waals surface area (Å²) >= 11 is 0. The van der Waals surface area contributed by atoms with Crippen LogP contribution in [0, 0.1) is 13.8 Å². The Kier molecular flexibility index (Phi) is 6.67. The van der Waals surface area contributed by atoms with Crippen molar-refractivity contribution in [3.05, 3.63) is 59.7 Å². The lowest BCUT2D eigenvalue weighted by Crippen LogP contribution is -2.31. The molecule has 0 saturated heterocycles. The molecule has 0 aliphatic heterocycles. The highest BCUT2D eigenvalue weighted by molar-refractivity contribution is 5.77. The van der Waals surface area contributed by atoms with Gasteiger partial charge in [-0.25, -0.2) is 0 Å². The summed E-state index contributed by atoms with van der Waals surface area (Å²) < 4.78 is 5.53. The SMILES string of the molecule is Cc1ccc(OCC(=O)NCCCN(C)c2ccccc2)cc1C. The van der Waals surface area contributed by atoms with E-state index in [2.05, 4.69) is 36.3 Å². The average Bonchev–Trinajstić information content (AvgIpc) is 2.60. The summed E-state index contributed by atoms with van der Waals surface area (Å²) in [6.45, 7) is 5.68. The van der Waals surface area contributed by atoms with Crippen LogP contribution in [0.3, 0.4) is 0 Å². The molecule has 0 aromatic heterocycles. The van der Waals surface area contributed by atoms with Gasteiger partial charge in [-0.3, -0.25) is 4.79 Å². The van der Waals surface area contributed by atoms with Crippen LogP contribution >= 0.6 is 0 Å². The zero-order valence-electron chi connectivity index (χ0n) is 14.7. The van der Waals surface area contributed by atoms with Gasteiger partial charge in [-0.1, -0.05) is 24.3 Å². The number of hydrogen-bond donors (Lipinski definition) is 1. The quantitative estimate of drug-likeness (QED) is 0.757. The molecule has 128 valence electrons. The lowest BCUT2D eigenvalue weighted by molar-refractivity contribution is -0.123. The zero-order chi connectivity index (χ0) is 17.4. The summed E-state index contributed by atoms with van der Waals surface area (Å²) in [6.07, 6.45) is 0.890. The van der Waals surface area contributed by atoms with Gasteiger partial charge < -0.3 is 15.0 Å². The van der Waals surface area contributed by atoms with Crippen LogP contribution in [0.25, 0.3) is 0 Å². The van der Waals surface area contributed by atoms with E-state index < -0.39 is 0 Å². The lowest BCUT2D eigenvalue weighted by Gasteiger charge is -2.19. The minimum absolute atomic E-state index is 0.0526. The molecule has 1 amide bonds. The van der Waals surface area contributed by atoms with Crippen molar-refractivity contribution in [3.63, 3.8) is 0 Å². The molecular weight excluding hydrogens is 300 g/mol. The Bertz CT molecular complexity index is 656. The first-order valence-electron chi connectivity index (χ1n) is 8.29. The fraction of sp³-hybridized carbons (Fsp3) is 0.350. The van der Waals surface area contributed by atoms with Crippen LogP contribution in [0.2, 0.25) is 0 Å².